The lowest BCUT2D eigenvalue weighted by Gasteiger charge is -2.26. The molecule has 20 heavy (non-hydrogen) atoms. The SMILES string of the molecule is CCCc1cc(CNC)cc(N2CCCCCCC2)n1. The molecule has 0 atom stereocenters. The van der Waals surface area contributed by atoms with Crippen LogP contribution >= 0.6 is 0 Å². The lowest BCUT2D eigenvalue weighted by atomic mass is 10.1. The van der Waals surface area contributed by atoms with Gasteiger partial charge in [0.05, 0.1) is 0 Å². The Morgan fingerprint density at radius 3 is 2.45 bits per heavy atom. The first-order chi connectivity index (χ1) is 9.83. The Labute approximate surface area is 123 Å². The van der Waals surface area contributed by atoms with Crippen molar-refractivity contribution in [2.45, 2.75) is 58.4 Å². The summed E-state index contributed by atoms with van der Waals surface area (Å²) in [4.78, 5) is 7.40. The third-order valence-corrected chi connectivity index (χ3v) is 3.99. The number of anilines is 1. The van der Waals surface area contributed by atoms with Crippen LogP contribution in [0, 0.1) is 0 Å². The Bertz CT molecular complexity index is 371. The minimum absolute atomic E-state index is 0.931. The fourth-order valence-corrected chi connectivity index (χ4v) is 2.96. The van der Waals surface area contributed by atoms with E-state index in [1.54, 1.807) is 0 Å². The smallest absolute Gasteiger partial charge is 0.129 e. The zero-order chi connectivity index (χ0) is 14.2. The van der Waals surface area contributed by atoms with Gasteiger partial charge < -0.3 is 10.2 Å². The molecule has 0 bridgehead atoms. The average Bonchev–Trinajstić information content (AvgIpc) is 2.38. The Morgan fingerprint density at radius 2 is 1.80 bits per heavy atom. The number of hydrogen-bond donors (Lipinski definition) is 1. The summed E-state index contributed by atoms with van der Waals surface area (Å²) in [6.45, 7) is 5.49. The molecule has 1 aromatic rings. The monoisotopic (exact) mass is 275 g/mol. The van der Waals surface area contributed by atoms with Crippen molar-refractivity contribution in [3.63, 3.8) is 0 Å². The van der Waals surface area contributed by atoms with Crippen LogP contribution in [0.3, 0.4) is 0 Å². The van der Waals surface area contributed by atoms with Gasteiger partial charge >= 0.3 is 0 Å². The zero-order valence-corrected chi connectivity index (χ0v) is 13.1. The van der Waals surface area contributed by atoms with Gasteiger partial charge in [-0.3, -0.25) is 0 Å². The molecule has 0 unspecified atom stereocenters. The Hall–Kier alpha value is -1.09. The average molecular weight is 275 g/mol. The molecule has 2 heterocycles. The molecule has 1 aromatic heterocycles. The predicted octanol–water partition coefficient (Wildman–Crippen LogP) is 3.52. The third-order valence-electron chi connectivity index (χ3n) is 3.99. The van der Waals surface area contributed by atoms with E-state index < -0.39 is 0 Å². The maximum absolute atomic E-state index is 4.90. The van der Waals surface area contributed by atoms with E-state index in [4.69, 9.17) is 4.98 Å². The maximum Gasteiger partial charge on any atom is 0.129 e. The fraction of sp³-hybridized carbons (Fsp3) is 0.706. The van der Waals surface area contributed by atoms with Crippen molar-refractivity contribution >= 4 is 5.82 Å². The Kier molecular flexibility index (Phi) is 6.31. The van der Waals surface area contributed by atoms with E-state index >= 15 is 0 Å². The van der Waals surface area contributed by atoms with Gasteiger partial charge in [0.1, 0.15) is 5.82 Å². The molecule has 2 rings (SSSR count). The summed E-state index contributed by atoms with van der Waals surface area (Å²) in [6.07, 6.45) is 9.00. The molecule has 0 spiro atoms. The molecule has 1 saturated heterocycles. The number of rotatable bonds is 5. The van der Waals surface area contributed by atoms with Crippen molar-refractivity contribution in [3.05, 3.63) is 23.4 Å². The molecular weight excluding hydrogens is 246 g/mol. The minimum atomic E-state index is 0.931. The summed E-state index contributed by atoms with van der Waals surface area (Å²) in [5.41, 5.74) is 2.61. The van der Waals surface area contributed by atoms with Gasteiger partial charge in [-0.15, -0.1) is 0 Å². The van der Waals surface area contributed by atoms with Crippen LogP contribution in [-0.4, -0.2) is 25.1 Å². The first-order valence-corrected chi connectivity index (χ1v) is 8.23. The zero-order valence-electron chi connectivity index (χ0n) is 13.1. The topological polar surface area (TPSA) is 28.2 Å². The van der Waals surface area contributed by atoms with Crippen LogP contribution in [0.2, 0.25) is 0 Å². The van der Waals surface area contributed by atoms with Crippen LogP contribution in [0.4, 0.5) is 5.82 Å². The van der Waals surface area contributed by atoms with Crippen molar-refractivity contribution in [1.82, 2.24) is 10.3 Å². The summed E-state index contributed by atoms with van der Waals surface area (Å²) in [5, 5.41) is 3.26. The molecule has 1 N–H and O–H groups in total. The third kappa shape index (κ3) is 4.48. The maximum atomic E-state index is 4.90. The molecule has 3 nitrogen and oxygen atoms in total. The summed E-state index contributed by atoms with van der Waals surface area (Å²) >= 11 is 0. The van der Waals surface area contributed by atoms with Gasteiger partial charge in [-0.25, -0.2) is 4.98 Å². The van der Waals surface area contributed by atoms with Gasteiger partial charge in [0.15, 0.2) is 0 Å². The van der Waals surface area contributed by atoms with Crippen LogP contribution in [0.1, 0.15) is 56.7 Å². The van der Waals surface area contributed by atoms with Gasteiger partial charge in [0, 0.05) is 25.3 Å². The Balaban J connectivity index is 2.18. The number of nitrogens with zero attached hydrogens (tertiary/aromatic N) is 2. The van der Waals surface area contributed by atoms with E-state index in [2.05, 4.69) is 29.3 Å². The highest BCUT2D eigenvalue weighted by Crippen LogP contribution is 2.20. The van der Waals surface area contributed by atoms with Crippen LogP contribution in [0.15, 0.2) is 12.1 Å². The van der Waals surface area contributed by atoms with E-state index in [9.17, 15) is 0 Å². The molecule has 1 aliphatic heterocycles. The van der Waals surface area contributed by atoms with E-state index in [-0.39, 0.29) is 0 Å². The molecular formula is C17H29N3. The number of aromatic nitrogens is 1. The van der Waals surface area contributed by atoms with Crippen LogP contribution < -0.4 is 10.2 Å². The highest BCUT2D eigenvalue weighted by Gasteiger charge is 2.12. The van der Waals surface area contributed by atoms with Crippen LogP contribution in [0.5, 0.6) is 0 Å². The summed E-state index contributed by atoms with van der Waals surface area (Å²) < 4.78 is 0. The van der Waals surface area contributed by atoms with E-state index in [0.717, 1.165) is 19.4 Å². The predicted molar refractivity (Wildman–Crippen MR) is 86.3 cm³/mol. The van der Waals surface area contributed by atoms with Crippen molar-refractivity contribution < 1.29 is 0 Å². The van der Waals surface area contributed by atoms with Crippen LogP contribution in [0.25, 0.3) is 0 Å². The second-order valence-electron chi connectivity index (χ2n) is 5.86. The lowest BCUT2D eigenvalue weighted by molar-refractivity contribution is 0.553. The summed E-state index contributed by atoms with van der Waals surface area (Å²) in [7, 11) is 2.01. The van der Waals surface area contributed by atoms with E-state index in [0.29, 0.717) is 0 Å². The summed E-state index contributed by atoms with van der Waals surface area (Å²) in [6, 6.07) is 4.53. The molecule has 0 saturated carbocycles. The van der Waals surface area contributed by atoms with E-state index in [1.807, 2.05) is 7.05 Å². The molecule has 1 fully saturated rings. The first kappa shape index (κ1) is 15.3. The molecule has 3 heteroatoms. The number of aryl methyl sites for hydroxylation is 1. The highest BCUT2D eigenvalue weighted by atomic mass is 15.2. The lowest BCUT2D eigenvalue weighted by Crippen LogP contribution is -2.28. The van der Waals surface area contributed by atoms with Gasteiger partial charge in [0.2, 0.25) is 0 Å². The second kappa shape index (κ2) is 8.25. The van der Waals surface area contributed by atoms with Gasteiger partial charge in [-0.2, -0.15) is 0 Å². The first-order valence-electron chi connectivity index (χ1n) is 8.23. The number of nitrogens with one attached hydrogen (secondary N) is 1. The van der Waals surface area contributed by atoms with Crippen molar-refractivity contribution in [2.75, 3.05) is 25.0 Å². The van der Waals surface area contributed by atoms with Gasteiger partial charge in [0.25, 0.3) is 0 Å². The van der Waals surface area contributed by atoms with E-state index in [1.165, 1.54) is 62.3 Å². The Morgan fingerprint density at radius 1 is 1.10 bits per heavy atom. The molecule has 0 aromatic carbocycles. The second-order valence-corrected chi connectivity index (χ2v) is 5.86. The summed E-state index contributed by atoms with van der Waals surface area (Å²) in [5.74, 6) is 1.20. The minimum Gasteiger partial charge on any atom is -0.357 e. The fourth-order valence-electron chi connectivity index (χ4n) is 2.96. The van der Waals surface area contributed by atoms with Crippen molar-refractivity contribution in [2.24, 2.45) is 0 Å². The highest BCUT2D eigenvalue weighted by molar-refractivity contribution is 5.43. The van der Waals surface area contributed by atoms with Gasteiger partial charge in [-0.1, -0.05) is 32.6 Å². The molecule has 0 aliphatic carbocycles. The molecule has 112 valence electrons. The molecule has 0 radical (unpaired) electrons. The quantitative estimate of drug-likeness (QED) is 0.891. The molecule has 1 aliphatic rings. The van der Waals surface area contributed by atoms with Crippen LogP contribution in [-0.2, 0) is 13.0 Å². The normalized spacial score (nSPS) is 16.8. The molecule has 0 amide bonds. The van der Waals surface area contributed by atoms with Gasteiger partial charge in [-0.05, 0) is 44.0 Å². The number of pyridine rings is 1. The largest absolute Gasteiger partial charge is 0.357 e. The van der Waals surface area contributed by atoms with Crippen molar-refractivity contribution in [3.8, 4) is 0 Å². The number of hydrogen-bond acceptors (Lipinski definition) is 3. The van der Waals surface area contributed by atoms with Crippen molar-refractivity contribution in [1.29, 1.82) is 0 Å². The standard InChI is InChI=1S/C17H29N3/c1-3-9-16-12-15(14-18-2)13-17(19-16)20-10-7-5-4-6-8-11-20/h12-13,18H,3-11,14H2,1-2H3.